The lowest BCUT2D eigenvalue weighted by Crippen LogP contribution is -2.30. The van der Waals surface area contributed by atoms with E-state index < -0.39 is 6.04 Å². The summed E-state index contributed by atoms with van der Waals surface area (Å²) in [7, 11) is 0. The predicted molar refractivity (Wildman–Crippen MR) is 125 cm³/mol. The van der Waals surface area contributed by atoms with Crippen molar-refractivity contribution in [1.29, 1.82) is 0 Å². The zero-order valence-corrected chi connectivity index (χ0v) is 19.5. The van der Waals surface area contributed by atoms with Crippen LogP contribution in [0.25, 0.3) is 5.69 Å². The van der Waals surface area contributed by atoms with Crippen LogP contribution in [0, 0.1) is 12.7 Å². The van der Waals surface area contributed by atoms with Crippen molar-refractivity contribution in [3.8, 4) is 5.69 Å². The molecule has 1 unspecified atom stereocenters. The molecule has 1 amide bonds. The minimum Gasteiger partial charge on any atom is -0.367 e. The Kier molecular flexibility index (Phi) is 5.44. The van der Waals surface area contributed by atoms with Crippen LogP contribution < -0.4 is 10.2 Å². The number of carbonyl (C=O) groups is 1. The molecule has 0 radical (unpaired) electrons. The predicted octanol–water partition coefficient (Wildman–Crippen LogP) is 3.62. The second-order valence-electron chi connectivity index (χ2n) is 8.60. The van der Waals surface area contributed by atoms with Crippen molar-refractivity contribution in [3.05, 3.63) is 58.4 Å². The second-order valence-corrected chi connectivity index (χ2v) is 8.98. The number of anilines is 1. The topological polar surface area (TPSA) is 80.3 Å². The van der Waals surface area contributed by atoms with Gasteiger partial charge in [0.05, 0.1) is 40.5 Å². The molecule has 33 heavy (non-hydrogen) atoms. The molecule has 0 spiro atoms. The van der Waals surface area contributed by atoms with Crippen molar-refractivity contribution in [2.75, 3.05) is 24.5 Å². The smallest absolute Gasteiger partial charge is 0.252 e. The van der Waals surface area contributed by atoms with Crippen LogP contribution in [0.2, 0.25) is 5.02 Å². The normalized spacial score (nSPS) is 18.4. The number of rotatable bonds is 5. The number of carbonyl (C=O) groups excluding carboxylic acids is 1. The summed E-state index contributed by atoms with van der Waals surface area (Å²) in [6.45, 7) is 7.96. The third-order valence-corrected chi connectivity index (χ3v) is 6.60. The SMILES string of the molecule is Cc1c(Cl)c(C2=NCCN2)nn1C1CCN(c2cnn(-c3ccc(F)cc3)c2C(C)C)C1=O. The van der Waals surface area contributed by atoms with Crippen LogP contribution in [-0.4, -0.2) is 50.9 Å². The van der Waals surface area contributed by atoms with Crippen LogP contribution in [0.1, 0.15) is 49.3 Å². The third-order valence-electron chi connectivity index (χ3n) is 6.14. The van der Waals surface area contributed by atoms with E-state index in [4.69, 9.17) is 11.6 Å². The van der Waals surface area contributed by atoms with E-state index in [2.05, 4.69) is 34.4 Å². The molecule has 0 saturated carbocycles. The van der Waals surface area contributed by atoms with Gasteiger partial charge in [-0.2, -0.15) is 10.2 Å². The maximum absolute atomic E-state index is 13.6. The Morgan fingerprint density at radius 2 is 2.00 bits per heavy atom. The number of benzene rings is 1. The summed E-state index contributed by atoms with van der Waals surface area (Å²) in [5, 5.41) is 12.9. The van der Waals surface area contributed by atoms with Crippen LogP contribution in [-0.2, 0) is 4.79 Å². The Bertz CT molecular complexity index is 1240. The first kappa shape index (κ1) is 21.6. The number of amides is 1. The highest BCUT2D eigenvalue weighted by Crippen LogP contribution is 2.36. The standard InChI is InChI=1S/C23H25ClFN7O/c1-13(2)21-18(12-28-32(21)16-6-4-15(25)5-7-16)30-11-8-17(23(30)33)31-14(3)19(24)20(29-31)22-26-9-10-27-22/h4-7,12-13,17H,8-11H2,1-3H3,(H,26,27). The van der Waals surface area contributed by atoms with Gasteiger partial charge in [0, 0.05) is 13.1 Å². The number of hydrogen-bond donors (Lipinski definition) is 1. The summed E-state index contributed by atoms with van der Waals surface area (Å²) >= 11 is 6.55. The average Bonchev–Trinajstić information content (AvgIpc) is 3.57. The van der Waals surface area contributed by atoms with Gasteiger partial charge >= 0.3 is 0 Å². The van der Waals surface area contributed by atoms with Gasteiger partial charge in [0.2, 0.25) is 0 Å². The molecule has 1 N–H and O–H groups in total. The van der Waals surface area contributed by atoms with E-state index in [1.807, 2.05) is 6.92 Å². The lowest BCUT2D eigenvalue weighted by atomic mass is 10.1. The maximum Gasteiger partial charge on any atom is 0.252 e. The van der Waals surface area contributed by atoms with Crippen LogP contribution >= 0.6 is 11.6 Å². The van der Waals surface area contributed by atoms with Gasteiger partial charge in [-0.3, -0.25) is 14.5 Å². The molecular weight excluding hydrogens is 445 g/mol. The van der Waals surface area contributed by atoms with Gasteiger partial charge in [0.1, 0.15) is 17.6 Å². The lowest BCUT2D eigenvalue weighted by molar-refractivity contribution is -0.120. The summed E-state index contributed by atoms with van der Waals surface area (Å²) in [4.78, 5) is 19.7. The average molecular weight is 470 g/mol. The molecule has 172 valence electrons. The fourth-order valence-corrected chi connectivity index (χ4v) is 4.74. The van der Waals surface area contributed by atoms with Crippen molar-refractivity contribution in [3.63, 3.8) is 0 Å². The highest BCUT2D eigenvalue weighted by atomic mass is 35.5. The first-order chi connectivity index (χ1) is 15.9. The van der Waals surface area contributed by atoms with Crippen molar-refractivity contribution in [2.24, 2.45) is 4.99 Å². The third kappa shape index (κ3) is 3.60. The monoisotopic (exact) mass is 469 g/mol. The van der Waals surface area contributed by atoms with E-state index >= 15 is 0 Å². The molecule has 0 bridgehead atoms. The number of nitrogens with one attached hydrogen (secondary N) is 1. The van der Waals surface area contributed by atoms with Crippen LogP contribution in [0.3, 0.4) is 0 Å². The molecular formula is C23H25ClFN7O. The van der Waals surface area contributed by atoms with E-state index in [9.17, 15) is 9.18 Å². The minimum atomic E-state index is -0.451. The molecule has 3 aromatic rings. The Balaban J connectivity index is 1.48. The summed E-state index contributed by atoms with van der Waals surface area (Å²) in [5.41, 5.74) is 3.74. The molecule has 8 nitrogen and oxygen atoms in total. The molecule has 1 saturated heterocycles. The number of nitrogens with zero attached hydrogens (tertiary/aromatic N) is 6. The van der Waals surface area contributed by atoms with Gasteiger partial charge in [-0.15, -0.1) is 0 Å². The lowest BCUT2D eigenvalue weighted by Gasteiger charge is -2.20. The van der Waals surface area contributed by atoms with Crippen LogP contribution in [0.5, 0.6) is 0 Å². The van der Waals surface area contributed by atoms with Crippen molar-refractivity contribution < 1.29 is 9.18 Å². The van der Waals surface area contributed by atoms with Crippen LogP contribution in [0.15, 0.2) is 35.5 Å². The van der Waals surface area contributed by atoms with Crippen molar-refractivity contribution >= 4 is 29.0 Å². The Labute approximate surface area is 196 Å². The number of halogens is 2. The summed E-state index contributed by atoms with van der Waals surface area (Å²) in [6, 6.07) is 5.73. The zero-order valence-electron chi connectivity index (χ0n) is 18.7. The van der Waals surface area contributed by atoms with Crippen molar-refractivity contribution in [1.82, 2.24) is 24.9 Å². The van der Waals surface area contributed by atoms with E-state index in [0.717, 1.165) is 29.3 Å². The Hall–Kier alpha value is -3.20. The molecule has 10 heteroatoms. The van der Waals surface area contributed by atoms with Gasteiger partial charge in [-0.1, -0.05) is 25.4 Å². The van der Waals surface area contributed by atoms with Gasteiger partial charge in [0.25, 0.3) is 5.91 Å². The molecule has 5 rings (SSSR count). The quantitative estimate of drug-likeness (QED) is 0.619. The second kappa shape index (κ2) is 8.30. The van der Waals surface area contributed by atoms with E-state index in [1.54, 1.807) is 32.6 Å². The number of aromatic nitrogens is 4. The van der Waals surface area contributed by atoms with E-state index in [0.29, 0.717) is 36.1 Å². The highest BCUT2D eigenvalue weighted by Gasteiger charge is 2.38. The summed E-state index contributed by atoms with van der Waals surface area (Å²) < 4.78 is 16.9. The largest absolute Gasteiger partial charge is 0.367 e. The maximum atomic E-state index is 13.6. The molecule has 2 aliphatic rings. The minimum absolute atomic E-state index is 0.0503. The molecule has 1 atom stereocenters. The van der Waals surface area contributed by atoms with Crippen molar-refractivity contribution in [2.45, 2.75) is 39.2 Å². The number of amidine groups is 1. The molecule has 4 heterocycles. The van der Waals surface area contributed by atoms with Gasteiger partial charge in [-0.05, 0) is 43.5 Å². The molecule has 1 aromatic carbocycles. The van der Waals surface area contributed by atoms with Gasteiger partial charge < -0.3 is 10.2 Å². The molecule has 2 aliphatic heterocycles. The first-order valence-corrected chi connectivity index (χ1v) is 11.4. The number of hydrogen-bond acceptors (Lipinski definition) is 5. The van der Waals surface area contributed by atoms with Gasteiger partial charge in [0.15, 0.2) is 5.84 Å². The fourth-order valence-electron chi connectivity index (χ4n) is 4.53. The Morgan fingerprint density at radius 1 is 1.24 bits per heavy atom. The fraction of sp³-hybridized carbons (Fsp3) is 0.391. The van der Waals surface area contributed by atoms with E-state index in [1.165, 1.54) is 12.1 Å². The van der Waals surface area contributed by atoms with Crippen LogP contribution in [0.4, 0.5) is 10.1 Å². The van der Waals surface area contributed by atoms with E-state index in [-0.39, 0.29) is 17.6 Å². The Morgan fingerprint density at radius 3 is 2.67 bits per heavy atom. The number of aliphatic imine (C=N–C) groups is 1. The summed E-state index contributed by atoms with van der Waals surface area (Å²) in [6.07, 6.45) is 2.32. The molecule has 2 aromatic heterocycles. The zero-order chi connectivity index (χ0) is 23.3. The summed E-state index contributed by atoms with van der Waals surface area (Å²) in [5.74, 6) is 0.414. The van der Waals surface area contributed by atoms with Gasteiger partial charge in [-0.25, -0.2) is 9.07 Å². The molecule has 1 fully saturated rings. The molecule has 0 aliphatic carbocycles. The highest BCUT2D eigenvalue weighted by molar-refractivity contribution is 6.34. The first-order valence-electron chi connectivity index (χ1n) is 11.1.